The predicted molar refractivity (Wildman–Crippen MR) is 149 cm³/mol. The molecule has 3 aliphatic carbocycles. The van der Waals surface area contributed by atoms with Crippen LogP contribution in [0.25, 0.3) is 5.57 Å². The van der Waals surface area contributed by atoms with Crippen molar-refractivity contribution < 1.29 is 19.2 Å². The fraction of sp³-hybridized carbons (Fsp3) is 0.226. The molecule has 2 saturated heterocycles. The maximum absolute atomic E-state index is 14.4. The van der Waals surface area contributed by atoms with Gasteiger partial charge < -0.3 is 5.32 Å². The second-order valence-electron chi connectivity index (χ2n) is 10.7. The Balaban J connectivity index is 1.40. The smallest absolute Gasteiger partial charge is 0.240 e. The Kier molecular flexibility index (Phi) is 4.50. The highest BCUT2D eigenvalue weighted by atomic mass is 32.2. The molecule has 6 aliphatic rings. The maximum atomic E-state index is 14.4. The van der Waals surface area contributed by atoms with Gasteiger partial charge in [-0.25, -0.2) is 9.80 Å². The molecule has 4 atom stereocenters. The van der Waals surface area contributed by atoms with Crippen LogP contribution in [0, 0.1) is 29.6 Å². The van der Waals surface area contributed by atoms with E-state index in [-0.39, 0.29) is 23.6 Å². The van der Waals surface area contributed by atoms with Gasteiger partial charge in [0, 0.05) is 17.2 Å². The molecule has 39 heavy (non-hydrogen) atoms. The summed E-state index contributed by atoms with van der Waals surface area (Å²) in [4.78, 5) is 60.7. The molecule has 3 heterocycles. The van der Waals surface area contributed by atoms with E-state index in [0.717, 1.165) is 21.7 Å². The summed E-state index contributed by atoms with van der Waals surface area (Å²) in [6, 6.07) is 25.7. The number of carbonyl (C=O) groups excluding carboxylic acids is 4. The topological polar surface area (TPSA) is 86.8 Å². The molecule has 4 unspecified atom stereocenters. The number of nitrogens with one attached hydrogen (secondary N) is 1. The van der Waals surface area contributed by atoms with Crippen LogP contribution in [-0.4, -0.2) is 35.4 Å². The lowest BCUT2D eigenvalue weighted by Crippen LogP contribution is -2.66. The number of anilines is 3. The number of imide groups is 2. The van der Waals surface area contributed by atoms with Crippen molar-refractivity contribution in [2.24, 2.45) is 29.6 Å². The van der Waals surface area contributed by atoms with Gasteiger partial charge in [0.05, 0.1) is 40.6 Å². The zero-order valence-corrected chi connectivity index (χ0v) is 21.7. The monoisotopic (exact) mass is 533 g/mol. The first-order valence-electron chi connectivity index (χ1n) is 13.0. The summed E-state index contributed by atoms with van der Waals surface area (Å²) in [5, 5.41) is 3.62. The summed E-state index contributed by atoms with van der Waals surface area (Å²) in [6.45, 7) is 0. The van der Waals surface area contributed by atoms with E-state index in [0.29, 0.717) is 11.4 Å². The number of allylic oxidation sites excluding steroid dienone is 1. The van der Waals surface area contributed by atoms with Crippen LogP contribution >= 0.6 is 11.8 Å². The van der Waals surface area contributed by atoms with Crippen LogP contribution in [0.1, 0.15) is 5.56 Å². The van der Waals surface area contributed by atoms with Crippen LogP contribution in [0.4, 0.5) is 17.1 Å². The number of amides is 4. The lowest BCUT2D eigenvalue weighted by Gasteiger charge is -2.56. The van der Waals surface area contributed by atoms with Crippen molar-refractivity contribution in [3.8, 4) is 0 Å². The fourth-order valence-electron chi connectivity index (χ4n) is 8.00. The van der Waals surface area contributed by atoms with Crippen molar-refractivity contribution in [1.29, 1.82) is 0 Å². The Hall–Kier alpha value is -4.17. The van der Waals surface area contributed by atoms with Crippen LogP contribution in [0.15, 0.2) is 89.8 Å². The molecule has 3 fully saturated rings. The lowest BCUT2D eigenvalue weighted by molar-refractivity contribution is -0.137. The summed E-state index contributed by atoms with van der Waals surface area (Å²) in [5.41, 5.74) is 2.45. The molecule has 4 amide bonds. The number of fused-ring (bicyclic) bond motifs is 1. The second-order valence-corrected chi connectivity index (χ2v) is 11.6. The van der Waals surface area contributed by atoms with Crippen molar-refractivity contribution in [1.82, 2.24) is 0 Å². The molecule has 3 aromatic carbocycles. The first-order valence-corrected chi connectivity index (χ1v) is 14.2. The minimum Gasteiger partial charge on any atom is -0.373 e. The molecule has 1 saturated carbocycles. The van der Waals surface area contributed by atoms with Crippen molar-refractivity contribution in [3.05, 3.63) is 95.4 Å². The molecule has 0 radical (unpaired) electrons. The number of hydrogen-bond acceptors (Lipinski definition) is 6. The predicted octanol–water partition coefficient (Wildman–Crippen LogP) is 4.18. The molecule has 7 nitrogen and oxygen atoms in total. The molecule has 1 spiro atoms. The van der Waals surface area contributed by atoms with E-state index in [1.165, 1.54) is 21.6 Å². The van der Waals surface area contributed by atoms with Gasteiger partial charge in [0.2, 0.25) is 23.6 Å². The number of rotatable bonds is 3. The molecule has 8 heteroatoms. The normalized spacial score (nSPS) is 31.9. The van der Waals surface area contributed by atoms with Crippen molar-refractivity contribution >= 4 is 58.0 Å². The van der Waals surface area contributed by atoms with Gasteiger partial charge in [0.15, 0.2) is 0 Å². The van der Waals surface area contributed by atoms with Crippen molar-refractivity contribution in [2.45, 2.75) is 5.54 Å². The molecule has 9 rings (SSSR count). The highest BCUT2D eigenvalue weighted by Gasteiger charge is 2.79. The number of carbonyl (C=O) groups is 4. The molecule has 3 aliphatic heterocycles. The third-order valence-corrected chi connectivity index (χ3v) is 10.1. The van der Waals surface area contributed by atoms with E-state index >= 15 is 0 Å². The third kappa shape index (κ3) is 2.55. The number of nitrogens with zero attached hydrogens (tertiary/aromatic N) is 2. The average Bonchev–Trinajstić information content (AvgIpc) is 3.55. The van der Waals surface area contributed by atoms with Gasteiger partial charge in [0.1, 0.15) is 0 Å². The van der Waals surface area contributed by atoms with E-state index < -0.39 is 35.1 Å². The Bertz CT molecular complexity index is 1570. The van der Waals surface area contributed by atoms with Crippen molar-refractivity contribution in [2.75, 3.05) is 21.4 Å². The first-order chi connectivity index (χ1) is 19.0. The number of thioether (sulfide) groups is 1. The highest BCUT2D eigenvalue weighted by Crippen LogP contribution is 2.71. The standard InChI is InChI=1S/C31H23N3O4S/c1-39-26-20-21-24(29(37)33(27(21)35)16-10-4-2-5-11-16)31(23(26)18-14-8-9-15-19(18)32-31)25-22(20)28(36)34(30(25)38)17-12-6-3-7-13-17/h2-15,20-22,24-25,32H,1H3. The van der Waals surface area contributed by atoms with Gasteiger partial charge in [-0.3, -0.25) is 19.2 Å². The van der Waals surface area contributed by atoms with Gasteiger partial charge in [-0.15, -0.1) is 11.8 Å². The Morgan fingerprint density at radius 1 is 0.641 bits per heavy atom. The Morgan fingerprint density at radius 2 is 1.13 bits per heavy atom. The van der Waals surface area contributed by atoms with E-state index in [1.807, 2.05) is 42.7 Å². The van der Waals surface area contributed by atoms with Gasteiger partial charge in [-0.1, -0.05) is 54.6 Å². The zero-order chi connectivity index (χ0) is 26.6. The molecule has 0 aromatic heterocycles. The molecular weight excluding hydrogens is 510 g/mol. The molecule has 1 N–H and O–H groups in total. The molecular formula is C31H23N3O4S. The van der Waals surface area contributed by atoms with Crippen LogP contribution in [-0.2, 0) is 19.2 Å². The van der Waals surface area contributed by atoms with Gasteiger partial charge in [-0.2, -0.15) is 0 Å². The summed E-state index contributed by atoms with van der Waals surface area (Å²) in [5.74, 6) is -4.97. The van der Waals surface area contributed by atoms with Crippen LogP contribution in [0.3, 0.4) is 0 Å². The van der Waals surface area contributed by atoms with Crippen molar-refractivity contribution in [3.63, 3.8) is 0 Å². The minimum absolute atomic E-state index is 0.305. The highest BCUT2D eigenvalue weighted by molar-refractivity contribution is 8.02. The van der Waals surface area contributed by atoms with Gasteiger partial charge in [-0.05, 0) is 47.1 Å². The average molecular weight is 534 g/mol. The van der Waals surface area contributed by atoms with E-state index in [1.54, 1.807) is 48.5 Å². The summed E-state index contributed by atoms with van der Waals surface area (Å²) < 4.78 is 0. The number of para-hydroxylation sites is 3. The molecule has 192 valence electrons. The van der Waals surface area contributed by atoms with Crippen LogP contribution in [0.5, 0.6) is 0 Å². The molecule has 2 bridgehead atoms. The maximum Gasteiger partial charge on any atom is 0.240 e. The summed E-state index contributed by atoms with van der Waals surface area (Å²) in [6.07, 6.45) is 1.95. The van der Waals surface area contributed by atoms with Crippen LogP contribution < -0.4 is 15.1 Å². The van der Waals surface area contributed by atoms with E-state index in [4.69, 9.17) is 0 Å². The van der Waals surface area contributed by atoms with Gasteiger partial charge in [0.25, 0.3) is 0 Å². The zero-order valence-electron chi connectivity index (χ0n) is 20.9. The fourth-order valence-corrected chi connectivity index (χ4v) is 9.04. The number of benzene rings is 3. The minimum atomic E-state index is -1.21. The summed E-state index contributed by atoms with van der Waals surface area (Å²) in [7, 11) is 0. The molecule has 3 aromatic rings. The van der Waals surface area contributed by atoms with E-state index in [2.05, 4.69) is 5.32 Å². The largest absolute Gasteiger partial charge is 0.373 e. The lowest BCUT2D eigenvalue weighted by atomic mass is 9.48. The van der Waals surface area contributed by atoms with Gasteiger partial charge >= 0.3 is 0 Å². The van der Waals surface area contributed by atoms with E-state index in [9.17, 15) is 19.2 Å². The third-order valence-electron chi connectivity index (χ3n) is 9.21. The summed E-state index contributed by atoms with van der Waals surface area (Å²) >= 11 is 1.52. The quantitative estimate of drug-likeness (QED) is 0.509. The Morgan fingerprint density at radius 3 is 1.64 bits per heavy atom. The second kappa shape index (κ2) is 7.70. The van der Waals surface area contributed by atoms with Crippen LogP contribution in [0.2, 0.25) is 0 Å². The first kappa shape index (κ1) is 22.8. The SMILES string of the molecule is CSC1=C2c3ccccc3NC23C2C(=O)N(c4ccccc4)C(=O)C2C1C1C(=O)N(c2ccccc2)C(=O)C13. The Labute approximate surface area is 228 Å². The number of hydrogen-bond donors (Lipinski definition) is 1.